The number of hydrogen-bond acceptors (Lipinski definition) is 7. The van der Waals surface area contributed by atoms with Crippen LogP contribution in [0.3, 0.4) is 0 Å². The Hall–Kier alpha value is -2.88. The van der Waals surface area contributed by atoms with Crippen molar-refractivity contribution >= 4 is 25.4 Å². The van der Waals surface area contributed by atoms with Crippen molar-refractivity contribution in [1.29, 1.82) is 0 Å². The zero-order valence-electron chi connectivity index (χ0n) is 23.8. The zero-order chi connectivity index (χ0) is 29.2. The quantitative estimate of drug-likeness (QED) is 0.385. The van der Waals surface area contributed by atoms with Gasteiger partial charge in [-0.1, -0.05) is 61.4 Å². The van der Waals surface area contributed by atoms with Crippen molar-refractivity contribution in [2.45, 2.75) is 56.4 Å². The SMILES string of the molecule is CC(C)NCCCN1CCc2cccc(O)c21.Cc1ccc(S(C)(=O)=O)cc1.Cc1ccc(S(C)(=O)=O)cc1. The number of nitrogens with one attached hydrogen (secondary N) is 1. The van der Waals surface area contributed by atoms with E-state index in [0.29, 0.717) is 21.6 Å². The number of phenols is 1. The molecule has 3 aromatic carbocycles. The molecule has 0 atom stereocenters. The van der Waals surface area contributed by atoms with Crippen LogP contribution in [0.1, 0.15) is 37.0 Å². The van der Waals surface area contributed by atoms with E-state index >= 15 is 0 Å². The van der Waals surface area contributed by atoms with Crippen LogP contribution in [-0.2, 0) is 26.1 Å². The number of para-hydroxylation sites is 1. The topological polar surface area (TPSA) is 104 Å². The molecule has 214 valence electrons. The van der Waals surface area contributed by atoms with Gasteiger partial charge in [-0.2, -0.15) is 0 Å². The van der Waals surface area contributed by atoms with Gasteiger partial charge in [0, 0.05) is 31.6 Å². The number of phenolic OH excluding ortho intramolecular Hbond substituents is 1. The van der Waals surface area contributed by atoms with Crippen molar-refractivity contribution in [2.24, 2.45) is 0 Å². The molecular weight excluding hydrogens is 532 g/mol. The lowest BCUT2D eigenvalue weighted by molar-refractivity contribution is 0.474. The predicted octanol–water partition coefficient (Wildman–Crippen LogP) is 4.94. The normalized spacial score (nSPS) is 12.7. The molecule has 1 aliphatic rings. The Morgan fingerprint density at radius 1 is 0.821 bits per heavy atom. The monoisotopic (exact) mass is 574 g/mol. The Kier molecular flexibility index (Phi) is 12.0. The smallest absolute Gasteiger partial charge is 0.175 e. The van der Waals surface area contributed by atoms with Gasteiger partial charge in [-0.3, -0.25) is 0 Å². The first kappa shape index (κ1) is 32.3. The predicted molar refractivity (Wildman–Crippen MR) is 160 cm³/mol. The number of nitrogens with zero attached hydrogens (tertiary/aromatic N) is 1. The number of fused-ring (bicyclic) bond motifs is 1. The first-order valence-electron chi connectivity index (χ1n) is 13.0. The van der Waals surface area contributed by atoms with Crippen molar-refractivity contribution in [3.63, 3.8) is 0 Å². The highest BCUT2D eigenvalue weighted by Gasteiger charge is 2.21. The van der Waals surface area contributed by atoms with Crippen LogP contribution in [0.5, 0.6) is 5.75 Å². The molecule has 0 amide bonds. The molecule has 0 spiro atoms. The van der Waals surface area contributed by atoms with E-state index in [9.17, 15) is 21.9 Å². The minimum absolute atomic E-state index is 0.378. The molecule has 0 radical (unpaired) electrons. The van der Waals surface area contributed by atoms with E-state index in [-0.39, 0.29) is 0 Å². The number of rotatable bonds is 7. The van der Waals surface area contributed by atoms with Crippen LogP contribution >= 0.6 is 0 Å². The summed E-state index contributed by atoms with van der Waals surface area (Å²) in [6, 6.07) is 20.0. The number of benzene rings is 3. The molecule has 0 aliphatic carbocycles. The number of anilines is 1. The molecule has 0 fully saturated rings. The molecule has 0 saturated heterocycles. The minimum Gasteiger partial charge on any atom is -0.506 e. The van der Waals surface area contributed by atoms with Crippen molar-refractivity contribution in [2.75, 3.05) is 37.0 Å². The highest BCUT2D eigenvalue weighted by atomic mass is 32.2. The first-order valence-corrected chi connectivity index (χ1v) is 16.8. The molecule has 0 bridgehead atoms. The lowest BCUT2D eigenvalue weighted by Crippen LogP contribution is -2.28. The molecule has 39 heavy (non-hydrogen) atoms. The Balaban J connectivity index is 0.000000214. The molecule has 3 aromatic rings. The summed E-state index contributed by atoms with van der Waals surface area (Å²) in [7, 11) is -6.04. The molecule has 2 N–H and O–H groups in total. The fourth-order valence-electron chi connectivity index (χ4n) is 3.97. The summed E-state index contributed by atoms with van der Waals surface area (Å²) in [5.41, 5.74) is 4.47. The average Bonchev–Trinajstić information content (AvgIpc) is 3.26. The van der Waals surface area contributed by atoms with Gasteiger partial charge >= 0.3 is 0 Å². The van der Waals surface area contributed by atoms with Crippen molar-refractivity contribution in [3.05, 3.63) is 83.4 Å². The van der Waals surface area contributed by atoms with Crippen LogP contribution in [0.2, 0.25) is 0 Å². The Labute approximate surface area is 234 Å². The number of sulfone groups is 2. The number of aromatic hydroxyl groups is 1. The number of hydrogen-bond donors (Lipinski definition) is 2. The van der Waals surface area contributed by atoms with Gasteiger partial charge in [-0.25, -0.2) is 16.8 Å². The van der Waals surface area contributed by atoms with Crippen molar-refractivity contribution in [1.82, 2.24) is 5.32 Å². The largest absolute Gasteiger partial charge is 0.506 e. The summed E-state index contributed by atoms with van der Waals surface area (Å²) in [6.45, 7) is 11.3. The fourth-order valence-corrected chi connectivity index (χ4v) is 5.23. The molecule has 1 heterocycles. The van der Waals surface area contributed by atoms with Crippen LogP contribution in [0.25, 0.3) is 0 Å². The fraction of sp³-hybridized carbons (Fsp3) is 0.400. The van der Waals surface area contributed by atoms with E-state index in [1.807, 2.05) is 19.9 Å². The molecule has 1 aliphatic heterocycles. The summed E-state index contributed by atoms with van der Waals surface area (Å²) >= 11 is 0. The second-order valence-electron chi connectivity index (χ2n) is 10.2. The summed E-state index contributed by atoms with van der Waals surface area (Å²) in [5.74, 6) is 0.428. The third kappa shape index (κ3) is 11.0. The Morgan fingerprint density at radius 3 is 1.74 bits per heavy atom. The van der Waals surface area contributed by atoms with Gasteiger partial charge in [0.25, 0.3) is 0 Å². The van der Waals surface area contributed by atoms with E-state index in [2.05, 4.69) is 30.1 Å². The molecule has 0 saturated carbocycles. The maximum atomic E-state index is 10.9. The second-order valence-corrected chi connectivity index (χ2v) is 14.2. The van der Waals surface area contributed by atoms with E-state index in [4.69, 9.17) is 0 Å². The van der Waals surface area contributed by atoms with E-state index in [0.717, 1.165) is 49.3 Å². The van der Waals surface area contributed by atoms with Crippen LogP contribution in [-0.4, -0.2) is 60.1 Å². The maximum absolute atomic E-state index is 10.9. The Bertz CT molecular complexity index is 1330. The third-order valence-electron chi connectivity index (χ3n) is 6.12. The van der Waals surface area contributed by atoms with Crippen LogP contribution in [0.15, 0.2) is 76.5 Å². The van der Waals surface area contributed by atoms with Gasteiger partial charge in [0.05, 0.1) is 15.5 Å². The summed E-state index contributed by atoms with van der Waals surface area (Å²) in [4.78, 5) is 3.05. The average molecular weight is 575 g/mol. The molecular formula is C30H42N2O5S2. The van der Waals surface area contributed by atoms with Gasteiger partial charge in [0.1, 0.15) is 5.75 Å². The van der Waals surface area contributed by atoms with Gasteiger partial charge < -0.3 is 15.3 Å². The molecule has 7 nitrogen and oxygen atoms in total. The maximum Gasteiger partial charge on any atom is 0.175 e. The molecule has 0 aromatic heterocycles. The highest BCUT2D eigenvalue weighted by Crippen LogP contribution is 2.36. The van der Waals surface area contributed by atoms with Crippen molar-refractivity contribution < 1.29 is 21.9 Å². The lowest BCUT2D eigenvalue weighted by atomic mass is 10.1. The Morgan fingerprint density at radius 2 is 1.31 bits per heavy atom. The lowest BCUT2D eigenvalue weighted by Gasteiger charge is -2.20. The van der Waals surface area contributed by atoms with Crippen LogP contribution < -0.4 is 10.2 Å². The minimum atomic E-state index is -3.02. The van der Waals surface area contributed by atoms with E-state index < -0.39 is 19.7 Å². The number of aryl methyl sites for hydroxylation is 2. The highest BCUT2D eigenvalue weighted by molar-refractivity contribution is 7.91. The van der Waals surface area contributed by atoms with E-state index in [1.165, 1.54) is 18.1 Å². The van der Waals surface area contributed by atoms with Crippen molar-refractivity contribution in [3.8, 4) is 5.75 Å². The summed E-state index contributed by atoms with van der Waals surface area (Å²) in [6.07, 6.45) is 4.59. The molecule has 4 rings (SSSR count). The van der Waals surface area contributed by atoms with Crippen LogP contribution in [0.4, 0.5) is 5.69 Å². The van der Waals surface area contributed by atoms with Gasteiger partial charge in [0.15, 0.2) is 19.7 Å². The second kappa shape index (κ2) is 14.5. The first-order chi connectivity index (χ1) is 18.2. The third-order valence-corrected chi connectivity index (χ3v) is 8.38. The molecule has 9 heteroatoms. The van der Waals surface area contributed by atoms with Gasteiger partial charge in [-0.15, -0.1) is 0 Å². The van der Waals surface area contributed by atoms with Gasteiger partial charge in [-0.05, 0) is 69.1 Å². The summed E-state index contributed by atoms with van der Waals surface area (Å²) in [5, 5.41) is 13.3. The standard InChI is InChI=1S/C14H22N2O.2C8H10O2S/c1-11(2)15-8-4-9-16-10-7-12-5-3-6-13(17)14(12)16;2*1-7-3-5-8(6-4-7)11(2,9)10/h3,5-6,11,15,17H,4,7-10H2,1-2H3;2*3-6H,1-2H3. The zero-order valence-corrected chi connectivity index (χ0v) is 25.4. The van der Waals surface area contributed by atoms with Gasteiger partial charge in [0.2, 0.25) is 0 Å². The molecule has 0 unspecified atom stereocenters. The summed E-state index contributed by atoms with van der Waals surface area (Å²) < 4.78 is 43.8. The van der Waals surface area contributed by atoms with Crippen LogP contribution in [0, 0.1) is 13.8 Å². The van der Waals surface area contributed by atoms with E-state index in [1.54, 1.807) is 54.6 Å².